The lowest BCUT2D eigenvalue weighted by atomic mass is 9.44. The summed E-state index contributed by atoms with van der Waals surface area (Å²) in [6, 6.07) is 0. The molecule has 0 amide bonds. The summed E-state index contributed by atoms with van der Waals surface area (Å²) in [7, 11) is 1.50. The van der Waals surface area contributed by atoms with Crippen molar-refractivity contribution >= 4 is 5.97 Å². The molecular weight excluding hydrogens is 336 g/mol. The highest BCUT2D eigenvalue weighted by Gasteiger charge is 2.62. The van der Waals surface area contributed by atoms with Crippen LogP contribution < -0.4 is 0 Å². The van der Waals surface area contributed by atoms with E-state index in [1.54, 1.807) is 0 Å². The minimum Gasteiger partial charge on any atom is -0.469 e. The quantitative estimate of drug-likeness (QED) is 0.688. The van der Waals surface area contributed by atoms with Gasteiger partial charge in [-0.2, -0.15) is 0 Å². The number of methoxy groups -OCH3 is 1. The normalized spacial score (nSPS) is 50.3. The standard InChI is InChI=1S/C24H40O3/c1-15(13-21(26)27-4)17-8-9-18-22-19(10-12-24(17,18)3)23(2)11-6-5-7-16(23)14-20(22)25/h15-20,22,25H,5-14H2,1-4H3/t15-,16?,17?,18?,19?,20?,22?,23?,24?/m1/s1. The number of carbonyl (C=O) groups excluding carboxylic acids is 1. The summed E-state index contributed by atoms with van der Waals surface area (Å²) in [5.74, 6) is 3.46. The number of ether oxygens (including phenoxy) is 1. The summed E-state index contributed by atoms with van der Waals surface area (Å²) in [5, 5.41) is 11.3. The molecule has 1 N–H and O–H groups in total. The fraction of sp³-hybridized carbons (Fsp3) is 0.958. The van der Waals surface area contributed by atoms with Crippen molar-refractivity contribution in [3.8, 4) is 0 Å². The molecule has 27 heavy (non-hydrogen) atoms. The first kappa shape index (κ1) is 19.7. The fourth-order valence-electron chi connectivity index (χ4n) is 8.72. The van der Waals surface area contributed by atoms with E-state index in [0.29, 0.717) is 41.4 Å². The molecule has 4 aliphatic carbocycles. The summed E-state index contributed by atoms with van der Waals surface area (Å²) in [6.07, 6.45) is 11.9. The van der Waals surface area contributed by atoms with Crippen LogP contribution in [0.25, 0.3) is 0 Å². The molecule has 4 saturated carbocycles. The maximum absolute atomic E-state index is 11.9. The van der Waals surface area contributed by atoms with Crippen LogP contribution in [0.15, 0.2) is 0 Å². The minimum atomic E-state index is -0.106. The predicted octanol–water partition coefficient (Wildman–Crippen LogP) is 5.21. The first-order chi connectivity index (χ1) is 12.8. The highest BCUT2D eigenvalue weighted by Crippen LogP contribution is 2.68. The van der Waals surface area contributed by atoms with Crippen LogP contribution in [0.1, 0.15) is 85.0 Å². The Balaban J connectivity index is 1.58. The lowest BCUT2D eigenvalue weighted by Crippen LogP contribution is -2.57. The van der Waals surface area contributed by atoms with Gasteiger partial charge in [0.1, 0.15) is 0 Å². The zero-order valence-electron chi connectivity index (χ0n) is 17.9. The van der Waals surface area contributed by atoms with Crippen LogP contribution in [-0.2, 0) is 9.53 Å². The lowest BCUT2D eigenvalue weighted by molar-refractivity contribution is -0.165. The van der Waals surface area contributed by atoms with E-state index >= 15 is 0 Å². The first-order valence-corrected chi connectivity index (χ1v) is 11.6. The molecule has 4 rings (SSSR count). The molecule has 0 saturated heterocycles. The molecule has 0 bridgehead atoms. The third kappa shape index (κ3) is 2.98. The third-order valence-electron chi connectivity index (χ3n) is 10.1. The maximum Gasteiger partial charge on any atom is 0.305 e. The lowest BCUT2D eigenvalue weighted by Gasteiger charge is -2.62. The topological polar surface area (TPSA) is 46.5 Å². The third-order valence-corrected chi connectivity index (χ3v) is 10.1. The highest BCUT2D eigenvalue weighted by atomic mass is 16.5. The molecule has 4 aliphatic rings. The maximum atomic E-state index is 11.9. The Hall–Kier alpha value is -0.570. The van der Waals surface area contributed by atoms with Crippen LogP contribution >= 0.6 is 0 Å². The van der Waals surface area contributed by atoms with Crippen molar-refractivity contribution < 1.29 is 14.6 Å². The number of hydrogen-bond acceptors (Lipinski definition) is 3. The van der Waals surface area contributed by atoms with E-state index < -0.39 is 0 Å². The number of carbonyl (C=O) groups is 1. The van der Waals surface area contributed by atoms with Gasteiger partial charge < -0.3 is 9.84 Å². The van der Waals surface area contributed by atoms with Gasteiger partial charge in [-0.1, -0.05) is 33.6 Å². The average molecular weight is 377 g/mol. The molecule has 0 aromatic heterocycles. The predicted molar refractivity (Wildman–Crippen MR) is 107 cm³/mol. The van der Waals surface area contributed by atoms with Crippen molar-refractivity contribution in [1.29, 1.82) is 0 Å². The van der Waals surface area contributed by atoms with E-state index in [4.69, 9.17) is 4.74 Å². The van der Waals surface area contributed by atoms with Gasteiger partial charge in [0.15, 0.2) is 0 Å². The van der Waals surface area contributed by atoms with Crippen LogP contribution in [0.5, 0.6) is 0 Å². The largest absolute Gasteiger partial charge is 0.469 e. The van der Waals surface area contributed by atoms with Gasteiger partial charge >= 0.3 is 5.97 Å². The van der Waals surface area contributed by atoms with Crippen LogP contribution in [-0.4, -0.2) is 24.3 Å². The highest BCUT2D eigenvalue weighted by molar-refractivity contribution is 5.69. The van der Waals surface area contributed by atoms with Gasteiger partial charge in [0.05, 0.1) is 13.2 Å². The molecule has 8 unspecified atom stereocenters. The summed E-state index contributed by atoms with van der Waals surface area (Å²) >= 11 is 0. The average Bonchev–Trinajstić information content (AvgIpc) is 2.99. The SMILES string of the molecule is COC(=O)C[C@@H](C)C1CCC2C3C(O)CC4CCCCC4(C)C3CCC21C. The Morgan fingerprint density at radius 1 is 1.07 bits per heavy atom. The zero-order chi connectivity index (χ0) is 19.4. The summed E-state index contributed by atoms with van der Waals surface area (Å²) < 4.78 is 4.95. The van der Waals surface area contributed by atoms with Crippen LogP contribution in [0.3, 0.4) is 0 Å². The summed E-state index contributed by atoms with van der Waals surface area (Å²) in [5.41, 5.74) is 0.743. The van der Waals surface area contributed by atoms with E-state index in [1.165, 1.54) is 58.5 Å². The molecule has 154 valence electrons. The van der Waals surface area contributed by atoms with Gasteiger partial charge in [-0.05, 0) is 91.3 Å². The Bertz CT molecular complexity index is 574. The molecule has 0 spiro atoms. The van der Waals surface area contributed by atoms with Gasteiger partial charge in [0, 0.05) is 6.42 Å². The molecule has 0 aliphatic heterocycles. The van der Waals surface area contributed by atoms with E-state index in [0.717, 1.165) is 12.3 Å². The van der Waals surface area contributed by atoms with E-state index in [1.807, 2.05) is 0 Å². The summed E-state index contributed by atoms with van der Waals surface area (Å²) in [4.78, 5) is 11.9. The first-order valence-electron chi connectivity index (χ1n) is 11.6. The van der Waals surface area contributed by atoms with Crippen LogP contribution in [0, 0.1) is 46.3 Å². The molecule has 3 heteroatoms. The van der Waals surface area contributed by atoms with Crippen molar-refractivity contribution in [1.82, 2.24) is 0 Å². The van der Waals surface area contributed by atoms with Crippen molar-refractivity contribution in [3.05, 3.63) is 0 Å². The number of aliphatic hydroxyl groups is 1. The molecule has 0 aromatic carbocycles. The van der Waals surface area contributed by atoms with Crippen molar-refractivity contribution in [3.63, 3.8) is 0 Å². The van der Waals surface area contributed by atoms with Crippen LogP contribution in [0.4, 0.5) is 0 Å². The molecule has 0 aromatic rings. The second kappa shape index (κ2) is 7.04. The number of fused-ring (bicyclic) bond motifs is 5. The van der Waals surface area contributed by atoms with E-state index in [-0.39, 0.29) is 17.5 Å². The van der Waals surface area contributed by atoms with E-state index in [9.17, 15) is 9.90 Å². The molecule has 0 heterocycles. The number of hydrogen-bond donors (Lipinski definition) is 1. The Morgan fingerprint density at radius 3 is 2.56 bits per heavy atom. The van der Waals surface area contributed by atoms with Gasteiger partial charge in [-0.25, -0.2) is 0 Å². The Morgan fingerprint density at radius 2 is 1.81 bits per heavy atom. The van der Waals surface area contributed by atoms with Gasteiger partial charge in [0.2, 0.25) is 0 Å². The zero-order valence-corrected chi connectivity index (χ0v) is 17.9. The fourth-order valence-corrected chi connectivity index (χ4v) is 8.72. The van der Waals surface area contributed by atoms with Crippen molar-refractivity contribution in [2.75, 3.05) is 7.11 Å². The number of aliphatic hydroxyl groups excluding tert-OH is 1. The van der Waals surface area contributed by atoms with E-state index in [2.05, 4.69) is 20.8 Å². The Kier molecular flexibility index (Phi) is 5.15. The number of esters is 1. The van der Waals surface area contributed by atoms with Crippen LogP contribution in [0.2, 0.25) is 0 Å². The molecule has 9 atom stereocenters. The Labute approximate surface area is 165 Å². The monoisotopic (exact) mass is 376 g/mol. The summed E-state index contributed by atoms with van der Waals surface area (Å²) in [6.45, 7) is 7.30. The minimum absolute atomic E-state index is 0.0708. The van der Waals surface area contributed by atoms with Gasteiger partial charge in [-0.3, -0.25) is 4.79 Å². The van der Waals surface area contributed by atoms with Crippen molar-refractivity contribution in [2.45, 2.75) is 91.1 Å². The molecule has 0 radical (unpaired) electrons. The second-order valence-corrected chi connectivity index (χ2v) is 11.0. The number of rotatable bonds is 3. The second-order valence-electron chi connectivity index (χ2n) is 11.0. The smallest absolute Gasteiger partial charge is 0.305 e. The molecular formula is C24H40O3. The molecule has 3 nitrogen and oxygen atoms in total. The van der Waals surface area contributed by atoms with Gasteiger partial charge in [0.25, 0.3) is 0 Å². The van der Waals surface area contributed by atoms with Gasteiger partial charge in [-0.15, -0.1) is 0 Å². The molecule has 4 fully saturated rings. The van der Waals surface area contributed by atoms with Crippen molar-refractivity contribution in [2.24, 2.45) is 46.3 Å².